The molecule has 1 fully saturated rings. The monoisotopic (exact) mass is 290 g/mol. The zero-order chi connectivity index (χ0) is 14.3. The van der Waals surface area contributed by atoms with E-state index in [4.69, 9.17) is 10.2 Å². The maximum atomic E-state index is 11.5. The second-order valence-corrected chi connectivity index (χ2v) is 5.74. The van der Waals surface area contributed by atoms with Crippen LogP contribution < -0.4 is 10.6 Å². The average molecular weight is 290 g/mol. The minimum absolute atomic E-state index is 0.349. The third-order valence-corrected chi connectivity index (χ3v) is 4.14. The molecule has 1 aliphatic heterocycles. The van der Waals surface area contributed by atoms with E-state index in [2.05, 4.69) is 10.6 Å². The van der Waals surface area contributed by atoms with Gasteiger partial charge in [-0.1, -0.05) is 6.42 Å². The fourth-order valence-corrected chi connectivity index (χ4v) is 3.00. The van der Waals surface area contributed by atoms with Gasteiger partial charge in [0.1, 0.15) is 6.04 Å². The van der Waals surface area contributed by atoms with Crippen LogP contribution in [0.15, 0.2) is 0 Å². The first-order valence-corrected chi connectivity index (χ1v) is 7.14. The highest BCUT2D eigenvalue weighted by atomic mass is 32.2. The number of hydrogen-bond donors (Lipinski definition) is 4. The summed E-state index contributed by atoms with van der Waals surface area (Å²) in [5.41, 5.74) is 0. The SMILES string of the molecule is O=C(O)C[C@H](NC(=O)NCC1CCCCS1)C(=O)O. The quantitative estimate of drug-likeness (QED) is 0.566. The normalized spacial score (nSPS) is 20.3. The molecule has 1 aliphatic rings. The number of amides is 2. The predicted octanol–water partition coefficient (Wildman–Crippen LogP) is 0.499. The van der Waals surface area contributed by atoms with Crippen molar-refractivity contribution in [2.24, 2.45) is 0 Å². The van der Waals surface area contributed by atoms with Crippen LogP contribution in [0.1, 0.15) is 25.7 Å². The number of urea groups is 1. The minimum Gasteiger partial charge on any atom is -0.481 e. The Hall–Kier alpha value is -1.44. The summed E-state index contributed by atoms with van der Waals surface area (Å²) in [7, 11) is 0. The van der Waals surface area contributed by atoms with E-state index in [1.165, 1.54) is 6.42 Å². The first-order valence-electron chi connectivity index (χ1n) is 6.09. The van der Waals surface area contributed by atoms with E-state index in [0.29, 0.717) is 11.8 Å². The molecule has 0 saturated carbocycles. The molecule has 0 aromatic rings. The molecule has 0 bridgehead atoms. The molecule has 0 spiro atoms. The molecule has 1 rings (SSSR count). The molecule has 0 radical (unpaired) electrons. The Morgan fingerprint density at radius 3 is 2.53 bits per heavy atom. The van der Waals surface area contributed by atoms with Gasteiger partial charge in [0.15, 0.2) is 0 Å². The van der Waals surface area contributed by atoms with E-state index < -0.39 is 30.4 Å². The number of carbonyl (C=O) groups excluding carboxylic acids is 1. The van der Waals surface area contributed by atoms with Crippen molar-refractivity contribution < 1.29 is 24.6 Å². The van der Waals surface area contributed by atoms with E-state index in [9.17, 15) is 14.4 Å². The molecule has 19 heavy (non-hydrogen) atoms. The Labute approximate surface area is 115 Å². The van der Waals surface area contributed by atoms with E-state index in [0.717, 1.165) is 18.6 Å². The number of carbonyl (C=O) groups is 3. The highest BCUT2D eigenvalue weighted by molar-refractivity contribution is 7.99. The van der Waals surface area contributed by atoms with E-state index in [1.54, 1.807) is 11.8 Å². The van der Waals surface area contributed by atoms with Crippen molar-refractivity contribution in [1.82, 2.24) is 10.6 Å². The first-order chi connectivity index (χ1) is 8.99. The lowest BCUT2D eigenvalue weighted by molar-refractivity contribution is -0.145. The van der Waals surface area contributed by atoms with Crippen molar-refractivity contribution in [2.45, 2.75) is 37.0 Å². The van der Waals surface area contributed by atoms with Gasteiger partial charge in [-0.3, -0.25) is 4.79 Å². The molecule has 0 aromatic carbocycles. The van der Waals surface area contributed by atoms with Gasteiger partial charge < -0.3 is 20.8 Å². The maximum absolute atomic E-state index is 11.5. The summed E-state index contributed by atoms with van der Waals surface area (Å²) in [5.74, 6) is -1.55. The fraction of sp³-hybridized carbons (Fsp3) is 0.727. The molecular formula is C11H18N2O5S. The van der Waals surface area contributed by atoms with Gasteiger partial charge in [-0.25, -0.2) is 9.59 Å². The van der Waals surface area contributed by atoms with Crippen LogP contribution in [-0.2, 0) is 9.59 Å². The number of carboxylic acid groups (broad SMARTS) is 2. The number of carboxylic acids is 2. The second kappa shape index (κ2) is 7.88. The smallest absolute Gasteiger partial charge is 0.326 e. The number of hydrogen-bond acceptors (Lipinski definition) is 4. The number of aliphatic carboxylic acids is 2. The molecule has 1 unspecified atom stereocenters. The van der Waals surface area contributed by atoms with E-state index in [1.807, 2.05) is 0 Å². The molecule has 0 aromatic heterocycles. The van der Waals surface area contributed by atoms with Gasteiger partial charge in [0.25, 0.3) is 0 Å². The summed E-state index contributed by atoms with van der Waals surface area (Å²) in [5, 5.41) is 22.4. The lowest BCUT2D eigenvalue weighted by atomic mass is 10.2. The Morgan fingerprint density at radius 2 is 2.00 bits per heavy atom. The van der Waals surface area contributed by atoms with Gasteiger partial charge in [-0.05, 0) is 18.6 Å². The van der Waals surface area contributed by atoms with Gasteiger partial charge in [-0.15, -0.1) is 0 Å². The summed E-state index contributed by atoms with van der Waals surface area (Å²) in [4.78, 5) is 32.7. The fourth-order valence-electron chi connectivity index (χ4n) is 1.76. The number of thioether (sulfide) groups is 1. The van der Waals surface area contributed by atoms with Crippen molar-refractivity contribution in [3.05, 3.63) is 0 Å². The molecule has 8 heteroatoms. The summed E-state index contributed by atoms with van der Waals surface area (Å²) in [6, 6.07) is -2.05. The lowest BCUT2D eigenvalue weighted by Crippen LogP contribution is -2.48. The van der Waals surface area contributed by atoms with Crippen molar-refractivity contribution in [3.63, 3.8) is 0 Å². The highest BCUT2D eigenvalue weighted by Gasteiger charge is 2.23. The van der Waals surface area contributed by atoms with Crippen LogP contribution in [0.2, 0.25) is 0 Å². The molecule has 0 aliphatic carbocycles. The minimum atomic E-state index is -1.41. The molecule has 7 nitrogen and oxygen atoms in total. The third-order valence-electron chi connectivity index (χ3n) is 2.75. The van der Waals surface area contributed by atoms with Crippen molar-refractivity contribution in [3.8, 4) is 0 Å². The van der Waals surface area contributed by atoms with Gasteiger partial charge in [0.05, 0.1) is 6.42 Å². The van der Waals surface area contributed by atoms with Gasteiger partial charge in [0.2, 0.25) is 0 Å². The third kappa shape index (κ3) is 6.32. The molecule has 108 valence electrons. The largest absolute Gasteiger partial charge is 0.481 e. The van der Waals surface area contributed by atoms with E-state index in [-0.39, 0.29) is 0 Å². The maximum Gasteiger partial charge on any atom is 0.326 e. The first kappa shape index (κ1) is 15.6. The number of rotatable bonds is 6. The van der Waals surface area contributed by atoms with Crippen LogP contribution in [0.5, 0.6) is 0 Å². The van der Waals surface area contributed by atoms with Gasteiger partial charge in [0, 0.05) is 11.8 Å². The summed E-state index contributed by atoms with van der Waals surface area (Å²) in [6.45, 7) is 0.468. The Balaban J connectivity index is 2.31. The molecular weight excluding hydrogens is 272 g/mol. The predicted molar refractivity (Wildman–Crippen MR) is 70.3 cm³/mol. The van der Waals surface area contributed by atoms with Crippen molar-refractivity contribution >= 4 is 29.7 Å². The Kier molecular flexibility index (Phi) is 6.48. The van der Waals surface area contributed by atoms with Crippen LogP contribution in [-0.4, -0.2) is 51.8 Å². The molecule has 1 saturated heterocycles. The molecule has 4 N–H and O–H groups in total. The molecule has 2 atom stereocenters. The Morgan fingerprint density at radius 1 is 1.26 bits per heavy atom. The van der Waals surface area contributed by atoms with Crippen LogP contribution in [0.3, 0.4) is 0 Å². The molecule has 2 amide bonds. The molecule has 1 heterocycles. The zero-order valence-electron chi connectivity index (χ0n) is 10.4. The topological polar surface area (TPSA) is 116 Å². The highest BCUT2D eigenvalue weighted by Crippen LogP contribution is 2.24. The summed E-state index contributed by atoms with van der Waals surface area (Å²) < 4.78 is 0. The second-order valence-electron chi connectivity index (χ2n) is 4.33. The van der Waals surface area contributed by atoms with E-state index >= 15 is 0 Å². The van der Waals surface area contributed by atoms with Crippen molar-refractivity contribution in [2.75, 3.05) is 12.3 Å². The average Bonchev–Trinajstić information content (AvgIpc) is 2.36. The van der Waals surface area contributed by atoms with Gasteiger partial charge in [-0.2, -0.15) is 11.8 Å². The summed E-state index contributed by atoms with van der Waals surface area (Å²) in [6.07, 6.45) is 2.72. The van der Waals surface area contributed by atoms with Crippen LogP contribution in [0.25, 0.3) is 0 Å². The zero-order valence-corrected chi connectivity index (χ0v) is 11.2. The van der Waals surface area contributed by atoms with Crippen LogP contribution >= 0.6 is 11.8 Å². The number of nitrogens with one attached hydrogen (secondary N) is 2. The van der Waals surface area contributed by atoms with Crippen LogP contribution in [0.4, 0.5) is 4.79 Å². The standard InChI is InChI=1S/C11H18N2O5S/c14-9(15)5-8(10(16)17)13-11(18)12-6-7-3-1-2-4-19-7/h7-8H,1-6H2,(H,14,15)(H,16,17)(H2,12,13,18)/t7?,8-/m0/s1. The van der Waals surface area contributed by atoms with Crippen molar-refractivity contribution in [1.29, 1.82) is 0 Å². The Bertz CT molecular complexity index is 344. The van der Waals surface area contributed by atoms with Crippen LogP contribution in [0, 0.1) is 0 Å². The van der Waals surface area contributed by atoms with Gasteiger partial charge >= 0.3 is 18.0 Å². The summed E-state index contributed by atoms with van der Waals surface area (Å²) >= 11 is 1.79. The lowest BCUT2D eigenvalue weighted by Gasteiger charge is -2.22.